The first kappa shape index (κ1) is 13.0. The maximum absolute atomic E-state index is 13.4. The zero-order valence-electron chi connectivity index (χ0n) is 9.08. The highest BCUT2D eigenvalue weighted by molar-refractivity contribution is 6.30. The Morgan fingerprint density at radius 1 is 1.56 bits per heavy atom. The first-order valence-corrected chi connectivity index (χ1v) is 5.47. The van der Waals surface area contributed by atoms with Crippen LogP contribution in [-0.4, -0.2) is 18.7 Å². The molecule has 0 aromatic heterocycles. The van der Waals surface area contributed by atoms with E-state index < -0.39 is 6.17 Å². The molecule has 0 saturated heterocycles. The lowest BCUT2D eigenvalue weighted by Gasteiger charge is -2.08. The first-order valence-electron chi connectivity index (χ1n) is 5.10. The summed E-state index contributed by atoms with van der Waals surface area (Å²) in [5.74, 6) is -0.380. The van der Waals surface area contributed by atoms with Gasteiger partial charge in [0.15, 0.2) is 0 Å². The molecular weight excluding hydrogens is 231 g/mol. The van der Waals surface area contributed by atoms with Gasteiger partial charge < -0.3 is 4.74 Å². The van der Waals surface area contributed by atoms with Gasteiger partial charge in [0.1, 0.15) is 6.17 Å². The summed E-state index contributed by atoms with van der Waals surface area (Å²) in [6, 6.07) is 7.10. The number of hydrogen-bond donors (Lipinski definition) is 0. The minimum atomic E-state index is -1.02. The highest BCUT2D eigenvalue weighted by Gasteiger charge is 2.08. The van der Waals surface area contributed by atoms with Crippen LogP contribution in [0.5, 0.6) is 0 Å². The molecule has 0 amide bonds. The molecule has 16 heavy (non-hydrogen) atoms. The predicted molar refractivity (Wildman–Crippen MR) is 61.3 cm³/mol. The van der Waals surface area contributed by atoms with E-state index in [1.54, 1.807) is 18.2 Å². The minimum absolute atomic E-state index is 0.122. The summed E-state index contributed by atoms with van der Waals surface area (Å²) in [6.07, 6.45) is -0.508. The molecule has 0 aliphatic carbocycles. The van der Waals surface area contributed by atoms with Crippen molar-refractivity contribution in [2.24, 2.45) is 0 Å². The van der Waals surface area contributed by atoms with E-state index in [0.717, 1.165) is 5.56 Å². The number of benzene rings is 1. The number of esters is 1. The van der Waals surface area contributed by atoms with Crippen LogP contribution < -0.4 is 0 Å². The van der Waals surface area contributed by atoms with Crippen LogP contribution >= 0.6 is 11.6 Å². The monoisotopic (exact) mass is 244 g/mol. The Morgan fingerprint density at radius 2 is 2.31 bits per heavy atom. The lowest BCUT2D eigenvalue weighted by atomic mass is 10.1. The van der Waals surface area contributed by atoms with Crippen molar-refractivity contribution in [2.75, 3.05) is 6.61 Å². The number of hydrogen-bond acceptors (Lipinski definition) is 2. The summed E-state index contributed by atoms with van der Waals surface area (Å²) in [6.45, 7) is 1.43. The second-order valence-corrected chi connectivity index (χ2v) is 4.00. The zero-order chi connectivity index (χ0) is 12.0. The van der Waals surface area contributed by atoms with Gasteiger partial charge in [0.05, 0.1) is 6.61 Å². The maximum Gasteiger partial charge on any atom is 0.302 e. The standard InChI is InChI=1S/C12H14ClFO2/c1-9(15)16-6-5-12(14)8-10-3-2-4-11(13)7-10/h2-4,7,12H,5-6,8H2,1H3. The second-order valence-electron chi connectivity index (χ2n) is 3.56. The van der Waals surface area contributed by atoms with E-state index in [1.165, 1.54) is 6.92 Å². The molecule has 1 aromatic carbocycles. The van der Waals surface area contributed by atoms with Crippen LogP contribution in [0.25, 0.3) is 0 Å². The van der Waals surface area contributed by atoms with Gasteiger partial charge in [-0.15, -0.1) is 0 Å². The van der Waals surface area contributed by atoms with Crippen LogP contribution in [0.3, 0.4) is 0 Å². The van der Waals surface area contributed by atoms with E-state index in [0.29, 0.717) is 11.4 Å². The van der Waals surface area contributed by atoms with Crippen LogP contribution in [-0.2, 0) is 16.0 Å². The summed E-state index contributed by atoms with van der Waals surface area (Å²) in [5.41, 5.74) is 0.850. The lowest BCUT2D eigenvalue weighted by Crippen LogP contribution is -2.10. The second kappa shape index (κ2) is 6.48. The smallest absolute Gasteiger partial charge is 0.302 e. The van der Waals surface area contributed by atoms with Gasteiger partial charge in [-0.1, -0.05) is 23.7 Å². The van der Waals surface area contributed by atoms with Crippen LogP contribution in [0.15, 0.2) is 24.3 Å². The normalized spacial score (nSPS) is 12.2. The molecule has 0 aliphatic heterocycles. The van der Waals surface area contributed by atoms with Crippen molar-refractivity contribution in [3.63, 3.8) is 0 Å². The van der Waals surface area contributed by atoms with Gasteiger partial charge in [-0.25, -0.2) is 4.39 Å². The van der Waals surface area contributed by atoms with Gasteiger partial charge in [0, 0.05) is 24.8 Å². The molecule has 0 fully saturated rings. The Bertz CT molecular complexity index is 355. The highest BCUT2D eigenvalue weighted by atomic mass is 35.5. The predicted octanol–water partition coefficient (Wildman–Crippen LogP) is 3.17. The van der Waals surface area contributed by atoms with Crippen LogP contribution in [0.1, 0.15) is 18.9 Å². The zero-order valence-corrected chi connectivity index (χ0v) is 9.84. The largest absolute Gasteiger partial charge is 0.466 e. The van der Waals surface area contributed by atoms with Crippen molar-refractivity contribution in [3.05, 3.63) is 34.9 Å². The summed E-state index contributed by atoms with van der Waals surface area (Å²) in [4.78, 5) is 10.5. The molecule has 1 rings (SSSR count). The number of carbonyl (C=O) groups excluding carboxylic acids is 1. The maximum atomic E-state index is 13.4. The molecule has 1 atom stereocenters. The number of alkyl halides is 1. The molecule has 0 bridgehead atoms. The molecule has 1 unspecified atom stereocenters. The third-order valence-corrected chi connectivity index (χ3v) is 2.32. The Morgan fingerprint density at radius 3 is 2.94 bits per heavy atom. The van der Waals surface area contributed by atoms with E-state index in [1.807, 2.05) is 6.07 Å². The van der Waals surface area contributed by atoms with Crippen molar-refractivity contribution in [3.8, 4) is 0 Å². The molecule has 0 radical (unpaired) electrons. The van der Waals surface area contributed by atoms with Crippen LogP contribution in [0.4, 0.5) is 4.39 Å². The number of halogens is 2. The summed E-state index contributed by atoms with van der Waals surface area (Å²) < 4.78 is 18.1. The fourth-order valence-electron chi connectivity index (χ4n) is 1.35. The molecule has 0 heterocycles. The molecule has 2 nitrogen and oxygen atoms in total. The lowest BCUT2D eigenvalue weighted by molar-refractivity contribution is -0.141. The Kier molecular flexibility index (Phi) is 5.26. The first-order chi connectivity index (χ1) is 7.58. The average Bonchev–Trinajstić information content (AvgIpc) is 2.16. The van der Waals surface area contributed by atoms with Gasteiger partial charge in [0.25, 0.3) is 0 Å². The molecule has 0 saturated carbocycles. The molecule has 4 heteroatoms. The fourth-order valence-corrected chi connectivity index (χ4v) is 1.57. The van der Waals surface area contributed by atoms with Gasteiger partial charge >= 0.3 is 5.97 Å². The van der Waals surface area contributed by atoms with Crippen LogP contribution in [0, 0.1) is 0 Å². The van der Waals surface area contributed by atoms with Crippen LogP contribution in [0.2, 0.25) is 5.02 Å². The third kappa shape index (κ3) is 5.12. The Balaban J connectivity index is 2.33. The van der Waals surface area contributed by atoms with E-state index in [2.05, 4.69) is 4.74 Å². The van der Waals surface area contributed by atoms with E-state index >= 15 is 0 Å². The SMILES string of the molecule is CC(=O)OCCC(F)Cc1cccc(Cl)c1. The van der Waals surface area contributed by atoms with Crippen molar-refractivity contribution in [2.45, 2.75) is 25.9 Å². The Hall–Kier alpha value is -1.09. The highest BCUT2D eigenvalue weighted by Crippen LogP contribution is 2.14. The Labute approximate surface area is 99.4 Å². The van der Waals surface area contributed by atoms with E-state index in [9.17, 15) is 9.18 Å². The van der Waals surface area contributed by atoms with Crippen molar-refractivity contribution >= 4 is 17.6 Å². The van der Waals surface area contributed by atoms with Crippen molar-refractivity contribution < 1.29 is 13.9 Å². The molecule has 0 aliphatic rings. The third-order valence-electron chi connectivity index (χ3n) is 2.08. The minimum Gasteiger partial charge on any atom is -0.466 e. The molecular formula is C12H14ClFO2. The molecule has 1 aromatic rings. The van der Waals surface area contributed by atoms with Gasteiger partial charge in [0.2, 0.25) is 0 Å². The fraction of sp³-hybridized carbons (Fsp3) is 0.417. The van der Waals surface area contributed by atoms with Crippen molar-refractivity contribution in [1.29, 1.82) is 0 Å². The van der Waals surface area contributed by atoms with Gasteiger partial charge in [-0.3, -0.25) is 4.79 Å². The topological polar surface area (TPSA) is 26.3 Å². The summed E-state index contributed by atoms with van der Waals surface area (Å²) in [7, 11) is 0. The van der Waals surface area contributed by atoms with E-state index in [4.69, 9.17) is 11.6 Å². The summed E-state index contributed by atoms with van der Waals surface area (Å²) >= 11 is 5.78. The number of carbonyl (C=O) groups is 1. The average molecular weight is 245 g/mol. The molecule has 88 valence electrons. The summed E-state index contributed by atoms with van der Waals surface area (Å²) in [5, 5.41) is 0.602. The van der Waals surface area contributed by atoms with Gasteiger partial charge in [-0.05, 0) is 17.7 Å². The quantitative estimate of drug-likeness (QED) is 0.744. The molecule has 0 spiro atoms. The number of rotatable bonds is 5. The van der Waals surface area contributed by atoms with Crippen molar-refractivity contribution in [1.82, 2.24) is 0 Å². The van der Waals surface area contributed by atoms with Gasteiger partial charge in [-0.2, -0.15) is 0 Å². The van der Waals surface area contributed by atoms with E-state index in [-0.39, 0.29) is 19.0 Å². The number of ether oxygens (including phenoxy) is 1. The molecule has 0 N–H and O–H groups in total.